The molecular formula is C18H16N2O. The molecule has 1 heterocycles. The summed E-state index contributed by atoms with van der Waals surface area (Å²) in [6, 6.07) is 16.3. The number of rotatable bonds is 2. The van der Waals surface area contributed by atoms with Crippen molar-refractivity contribution in [2.75, 3.05) is 5.32 Å². The van der Waals surface area contributed by atoms with Crippen molar-refractivity contribution >= 4 is 16.6 Å². The minimum atomic E-state index is 0.265. The third-order valence-electron chi connectivity index (χ3n) is 4.19. The average molecular weight is 276 g/mol. The first-order chi connectivity index (χ1) is 10.3. The van der Waals surface area contributed by atoms with Gasteiger partial charge in [0.15, 0.2) is 0 Å². The Balaban J connectivity index is 1.66. The van der Waals surface area contributed by atoms with Crippen molar-refractivity contribution < 1.29 is 5.11 Å². The van der Waals surface area contributed by atoms with E-state index in [9.17, 15) is 5.11 Å². The van der Waals surface area contributed by atoms with Crippen molar-refractivity contribution in [3.8, 4) is 5.75 Å². The highest BCUT2D eigenvalue weighted by molar-refractivity contribution is 5.82. The number of benzene rings is 2. The monoisotopic (exact) mass is 276 g/mol. The summed E-state index contributed by atoms with van der Waals surface area (Å²) in [5.41, 5.74) is 4.39. The van der Waals surface area contributed by atoms with Crippen LogP contribution in [0, 0.1) is 0 Å². The van der Waals surface area contributed by atoms with Crippen molar-refractivity contribution in [1.82, 2.24) is 4.98 Å². The van der Waals surface area contributed by atoms with E-state index >= 15 is 0 Å². The first-order valence-electron chi connectivity index (χ1n) is 7.23. The zero-order chi connectivity index (χ0) is 14.2. The highest BCUT2D eigenvalue weighted by Gasteiger charge is 2.24. The molecule has 1 aromatic heterocycles. The molecule has 1 aliphatic carbocycles. The molecule has 0 aliphatic heterocycles. The molecule has 104 valence electrons. The lowest BCUT2D eigenvalue weighted by Crippen LogP contribution is -2.06. The van der Waals surface area contributed by atoms with E-state index in [1.54, 1.807) is 6.07 Å². The van der Waals surface area contributed by atoms with E-state index in [-0.39, 0.29) is 6.04 Å². The fourth-order valence-corrected chi connectivity index (χ4v) is 3.15. The number of aromatic hydroxyl groups is 1. The molecule has 0 amide bonds. The van der Waals surface area contributed by atoms with Crippen LogP contribution in [0.5, 0.6) is 5.75 Å². The van der Waals surface area contributed by atoms with Crippen molar-refractivity contribution in [3.05, 3.63) is 65.9 Å². The molecule has 1 aliphatic rings. The topological polar surface area (TPSA) is 45.1 Å². The van der Waals surface area contributed by atoms with Crippen molar-refractivity contribution in [1.29, 1.82) is 0 Å². The number of nitrogens with one attached hydrogen (secondary N) is 1. The minimum absolute atomic E-state index is 0.265. The normalized spacial score (nSPS) is 16.9. The predicted octanol–water partition coefficient (Wildman–Crippen LogP) is 4.04. The standard InChI is InChI=1S/C18H16N2O/c21-18-5-1-4-14-15(18)7-9-17(14)20-13-6-8-16-12(11-13)3-2-10-19-16/h1-6,8,10-11,17,20-21H,7,9H2. The van der Waals surface area contributed by atoms with E-state index in [0.717, 1.165) is 35.0 Å². The molecule has 4 rings (SSSR count). The number of phenolic OH excluding ortho intramolecular Hbond substituents is 1. The van der Waals surface area contributed by atoms with E-state index in [1.807, 2.05) is 24.4 Å². The van der Waals surface area contributed by atoms with Crippen LogP contribution < -0.4 is 5.32 Å². The third-order valence-corrected chi connectivity index (χ3v) is 4.19. The zero-order valence-corrected chi connectivity index (χ0v) is 11.6. The van der Waals surface area contributed by atoms with Gasteiger partial charge in [0.05, 0.1) is 11.6 Å². The summed E-state index contributed by atoms with van der Waals surface area (Å²) in [5.74, 6) is 0.416. The van der Waals surface area contributed by atoms with Gasteiger partial charge in [-0.1, -0.05) is 18.2 Å². The lowest BCUT2D eigenvalue weighted by molar-refractivity contribution is 0.469. The van der Waals surface area contributed by atoms with Gasteiger partial charge in [-0.25, -0.2) is 0 Å². The van der Waals surface area contributed by atoms with Crippen LogP contribution in [0.1, 0.15) is 23.6 Å². The zero-order valence-electron chi connectivity index (χ0n) is 11.6. The Morgan fingerprint density at radius 1 is 1.10 bits per heavy atom. The fraction of sp³-hybridized carbons (Fsp3) is 0.167. The number of hydrogen-bond donors (Lipinski definition) is 2. The van der Waals surface area contributed by atoms with Gasteiger partial charge in [0, 0.05) is 17.3 Å². The first-order valence-corrected chi connectivity index (χ1v) is 7.23. The average Bonchev–Trinajstić information content (AvgIpc) is 2.92. The molecule has 21 heavy (non-hydrogen) atoms. The smallest absolute Gasteiger partial charge is 0.119 e. The number of nitrogens with zero attached hydrogens (tertiary/aromatic N) is 1. The largest absolute Gasteiger partial charge is 0.508 e. The molecular weight excluding hydrogens is 260 g/mol. The van der Waals surface area contributed by atoms with Crippen molar-refractivity contribution in [3.63, 3.8) is 0 Å². The van der Waals surface area contributed by atoms with Gasteiger partial charge >= 0.3 is 0 Å². The summed E-state index contributed by atoms with van der Waals surface area (Å²) < 4.78 is 0. The van der Waals surface area contributed by atoms with Gasteiger partial charge in [-0.15, -0.1) is 0 Å². The number of fused-ring (bicyclic) bond motifs is 2. The predicted molar refractivity (Wildman–Crippen MR) is 84.5 cm³/mol. The molecule has 1 atom stereocenters. The summed E-state index contributed by atoms with van der Waals surface area (Å²) in [5, 5.41) is 14.6. The third kappa shape index (κ3) is 2.11. The van der Waals surface area contributed by atoms with Crippen LogP contribution in [0.4, 0.5) is 5.69 Å². The molecule has 0 bridgehead atoms. The minimum Gasteiger partial charge on any atom is -0.508 e. The van der Waals surface area contributed by atoms with E-state index in [4.69, 9.17) is 0 Å². The highest BCUT2D eigenvalue weighted by Crippen LogP contribution is 2.38. The molecule has 3 nitrogen and oxygen atoms in total. The Hall–Kier alpha value is -2.55. The van der Waals surface area contributed by atoms with Gasteiger partial charge in [0.2, 0.25) is 0 Å². The van der Waals surface area contributed by atoms with Crippen molar-refractivity contribution in [2.45, 2.75) is 18.9 Å². The van der Waals surface area contributed by atoms with Gasteiger partial charge in [-0.3, -0.25) is 4.98 Å². The summed E-state index contributed by atoms with van der Waals surface area (Å²) >= 11 is 0. The lowest BCUT2D eigenvalue weighted by Gasteiger charge is -2.16. The molecule has 0 radical (unpaired) electrons. The Morgan fingerprint density at radius 2 is 2.05 bits per heavy atom. The van der Waals surface area contributed by atoms with Crippen LogP contribution in [0.2, 0.25) is 0 Å². The molecule has 0 saturated carbocycles. The number of pyridine rings is 1. The fourth-order valence-electron chi connectivity index (χ4n) is 3.15. The van der Waals surface area contributed by atoms with Gasteiger partial charge < -0.3 is 10.4 Å². The molecule has 0 spiro atoms. The Morgan fingerprint density at radius 3 is 3.00 bits per heavy atom. The molecule has 0 fully saturated rings. The lowest BCUT2D eigenvalue weighted by atomic mass is 10.1. The maximum atomic E-state index is 9.92. The van der Waals surface area contributed by atoms with Gasteiger partial charge in [0.1, 0.15) is 5.75 Å². The maximum absolute atomic E-state index is 9.92. The number of aromatic nitrogens is 1. The van der Waals surface area contributed by atoms with Gasteiger partial charge in [-0.2, -0.15) is 0 Å². The van der Waals surface area contributed by atoms with Crippen LogP contribution >= 0.6 is 0 Å². The Bertz CT molecular complexity index is 813. The van der Waals surface area contributed by atoms with Crippen LogP contribution in [0.25, 0.3) is 10.9 Å². The quantitative estimate of drug-likeness (QED) is 0.742. The second-order valence-electron chi connectivity index (χ2n) is 5.49. The van der Waals surface area contributed by atoms with Gasteiger partial charge in [-0.05, 0) is 54.3 Å². The summed E-state index contributed by atoms with van der Waals surface area (Å²) in [4.78, 5) is 4.34. The SMILES string of the molecule is Oc1cccc2c1CCC2Nc1ccc2ncccc2c1. The van der Waals surface area contributed by atoms with E-state index in [2.05, 4.69) is 34.6 Å². The maximum Gasteiger partial charge on any atom is 0.119 e. The number of hydrogen-bond acceptors (Lipinski definition) is 3. The second kappa shape index (κ2) is 4.77. The van der Waals surface area contributed by atoms with Crippen LogP contribution in [0.3, 0.4) is 0 Å². The summed E-state index contributed by atoms with van der Waals surface area (Å²) in [6.07, 6.45) is 3.75. The highest BCUT2D eigenvalue weighted by atomic mass is 16.3. The van der Waals surface area contributed by atoms with Crippen LogP contribution in [0.15, 0.2) is 54.7 Å². The summed E-state index contributed by atoms with van der Waals surface area (Å²) in [6.45, 7) is 0. The molecule has 0 saturated heterocycles. The van der Waals surface area contributed by atoms with E-state index < -0.39 is 0 Å². The van der Waals surface area contributed by atoms with Gasteiger partial charge in [0.25, 0.3) is 0 Å². The molecule has 3 aromatic rings. The molecule has 1 unspecified atom stereocenters. The van der Waals surface area contributed by atoms with Crippen LogP contribution in [-0.4, -0.2) is 10.1 Å². The Labute approximate surface area is 123 Å². The second-order valence-corrected chi connectivity index (χ2v) is 5.49. The summed E-state index contributed by atoms with van der Waals surface area (Å²) in [7, 11) is 0. The molecule has 3 heteroatoms. The Kier molecular flexibility index (Phi) is 2.78. The van der Waals surface area contributed by atoms with E-state index in [0.29, 0.717) is 5.75 Å². The van der Waals surface area contributed by atoms with Crippen molar-refractivity contribution in [2.24, 2.45) is 0 Å². The number of phenols is 1. The van der Waals surface area contributed by atoms with Crippen LogP contribution in [-0.2, 0) is 6.42 Å². The van der Waals surface area contributed by atoms with E-state index in [1.165, 1.54) is 5.56 Å². The number of anilines is 1. The molecule has 2 N–H and O–H groups in total. The molecule has 2 aromatic carbocycles. The first kappa shape index (κ1) is 12.2.